The van der Waals surface area contributed by atoms with Crippen molar-refractivity contribution in [2.75, 3.05) is 5.43 Å². The molecule has 4 heteroatoms. The van der Waals surface area contributed by atoms with Crippen molar-refractivity contribution < 1.29 is 4.74 Å². The smallest absolute Gasteiger partial charge is 0.128 e. The number of halogens is 1. The normalized spacial score (nSPS) is 10.8. The zero-order valence-electron chi connectivity index (χ0n) is 13.2. The van der Waals surface area contributed by atoms with Gasteiger partial charge < -0.3 is 4.74 Å². The highest BCUT2D eigenvalue weighted by Gasteiger charge is 1.98. The third kappa shape index (κ3) is 4.37. The summed E-state index contributed by atoms with van der Waals surface area (Å²) in [7, 11) is 0. The van der Waals surface area contributed by atoms with Crippen molar-refractivity contribution in [3.8, 4) is 11.5 Å². The molecule has 0 aliphatic carbocycles. The second-order valence-electron chi connectivity index (χ2n) is 5.32. The standard InChI is InChI=1S/C20H17ClN2O/c1-15-10-11-17(13-20(15)21)23-22-14-16-6-5-9-19(12-16)24-18-7-3-2-4-8-18/h2-14,23H,1H3/b22-14+. The summed E-state index contributed by atoms with van der Waals surface area (Å²) in [6.45, 7) is 1.97. The fourth-order valence-electron chi connectivity index (χ4n) is 2.13. The van der Waals surface area contributed by atoms with Gasteiger partial charge in [-0.15, -0.1) is 0 Å². The fraction of sp³-hybridized carbons (Fsp3) is 0.0500. The Labute approximate surface area is 146 Å². The highest BCUT2D eigenvalue weighted by Crippen LogP contribution is 2.22. The van der Waals surface area contributed by atoms with E-state index in [2.05, 4.69) is 10.5 Å². The zero-order valence-corrected chi connectivity index (χ0v) is 14.0. The number of nitrogens with zero attached hydrogens (tertiary/aromatic N) is 1. The SMILES string of the molecule is Cc1ccc(N/N=C/c2cccc(Oc3ccccc3)c2)cc1Cl. The van der Waals surface area contributed by atoms with E-state index in [0.29, 0.717) is 5.02 Å². The van der Waals surface area contributed by atoms with E-state index < -0.39 is 0 Å². The molecule has 0 radical (unpaired) electrons. The Morgan fingerprint density at radius 2 is 1.71 bits per heavy atom. The first-order valence-electron chi connectivity index (χ1n) is 7.59. The van der Waals surface area contributed by atoms with Gasteiger partial charge in [-0.05, 0) is 54.4 Å². The zero-order chi connectivity index (χ0) is 16.8. The van der Waals surface area contributed by atoms with Crippen LogP contribution in [0.2, 0.25) is 5.02 Å². The van der Waals surface area contributed by atoms with Crippen LogP contribution in [0.3, 0.4) is 0 Å². The molecule has 3 nitrogen and oxygen atoms in total. The van der Waals surface area contributed by atoms with Gasteiger partial charge in [-0.2, -0.15) is 5.10 Å². The van der Waals surface area contributed by atoms with Gasteiger partial charge in [0.25, 0.3) is 0 Å². The maximum absolute atomic E-state index is 6.10. The second-order valence-corrected chi connectivity index (χ2v) is 5.73. The van der Waals surface area contributed by atoms with E-state index in [0.717, 1.165) is 28.3 Å². The Morgan fingerprint density at radius 3 is 2.50 bits per heavy atom. The van der Waals surface area contributed by atoms with Crippen molar-refractivity contribution in [1.82, 2.24) is 0 Å². The van der Waals surface area contributed by atoms with Crippen molar-refractivity contribution in [2.24, 2.45) is 5.10 Å². The van der Waals surface area contributed by atoms with Crippen LogP contribution in [0.4, 0.5) is 5.69 Å². The Bertz CT molecular complexity index is 847. The van der Waals surface area contributed by atoms with Gasteiger partial charge in [0.05, 0.1) is 11.9 Å². The van der Waals surface area contributed by atoms with Gasteiger partial charge in [0, 0.05) is 5.02 Å². The van der Waals surface area contributed by atoms with E-state index in [1.165, 1.54) is 0 Å². The molecule has 0 unspecified atom stereocenters. The van der Waals surface area contributed by atoms with Gasteiger partial charge in [0.15, 0.2) is 0 Å². The lowest BCUT2D eigenvalue weighted by molar-refractivity contribution is 0.482. The highest BCUT2D eigenvalue weighted by atomic mass is 35.5. The molecule has 3 aromatic rings. The quantitative estimate of drug-likeness (QED) is 0.465. The number of para-hydroxylation sites is 1. The van der Waals surface area contributed by atoms with Gasteiger partial charge >= 0.3 is 0 Å². The maximum atomic E-state index is 6.10. The molecule has 3 aromatic carbocycles. The summed E-state index contributed by atoms with van der Waals surface area (Å²) >= 11 is 6.10. The minimum absolute atomic E-state index is 0.716. The summed E-state index contributed by atoms with van der Waals surface area (Å²) in [5.41, 5.74) is 5.80. The van der Waals surface area contributed by atoms with Gasteiger partial charge in [-0.1, -0.05) is 48.0 Å². The van der Waals surface area contributed by atoms with Crippen molar-refractivity contribution in [3.63, 3.8) is 0 Å². The van der Waals surface area contributed by atoms with Crippen LogP contribution in [0.15, 0.2) is 77.9 Å². The molecular formula is C20H17ClN2O. The van der Waals surface area contributed by atoms with E-state index >= 15 is 0 Å². The molecule has 3 rings (SSSR count). The molecule has 0 heterocycles. The van der Waals surface area contributed by atoms with E-state index in [1.54, 1.807) is 6.21 Å². The molecule has 0 aliphatic rings. The number of hydrogen-bond donors (Lipinski definition) is 1. The lowest BCUT2D eigenvalue weighted by atomic mass is 10.2. The van der Waals surface area contributed by atoms with Crippen LogP contribution in [-0.2, 0) is 0 Å². The van der Waals surface area contributed by atoms with E-state index in [-0.39, 0.29) is 0 Å². The number of anilines is 1. The Balaban J connectivity index is 1.66. The van der Waals surface area contributed by atoms with Crippen LogP contribution in [0.25, 0.3) is 0 Å². The molecule has 120 valence electrons. The maximum Gasteiger partial charge on any atom is 0.128 e. The molecule has 0 bridgehead atoms. The number of nitrogens with one attached hydrogen (secondary N) is 1. The minimum atomic E-state index is 0.716. The Morgan fingerprint density at radius 1 is 0.917 bits per heavy atom. The number of hydrazone groups is 1. The molecule has 1 N–H and O–H groups in total. The van der Waals surface area contributed by atoms with Gasteiger partial charge in [-0.25, -0.2) is 0 Å². The first-order valence-corrected chi connectivity index (χ1v) is 7.97. The molecule has 0 aromatic heterocycles. The van der Waals surface area contributed by atoms with Crippen molar-refractivity contribution in [3.05, 3.63) is 88.9 Å². The van der Waals surface area contributed by atoms with Crippen LogP contribution < -0.4 is 10.2 Å². The summed E-state index contributed by atoms with van der Waals surface area (Å²) in [6.07, 6.45) is 1.74. The number of hydrogen-bond acceptors (Lipinski definition) is 3. The number of benzene rings is 3. The van der Waals surface area contributed by atoms with Gasteiger partial charge in [0.2, 0.25) is 0 Å². The Kier molecular flexibility index (Phi) is 5.14. The van der Waals surface area contributed by atoms with Gasteiger partial charge in [-0.3, -0.25) is 5.43 Å². The van der Waals surface area contributed by atoms with Crippen LogP contribution in [0.1, 0.15) is 11.1 Å². The molecular weight excluding hydrogens is 320 g/mol. The van der Waals surface area contributed by atoms with Crippen LogP contribution in [-0.4, -0.2) is 6.21 Å². The third-order valence-corrected chi connectivity index (χ3v) is 3.82. The Hall–Kier alpha value is -2.78. The summed E-state index contributed by atoms with van der Waals surface area (Å²) in [5, 5.41) is 4.96. The minimum Gasteiger partial charge on any atom is -0.457 e. The van der Waals surface area contributed by atoms with E-state index in [1.807, 2.05) is 79.7 Å². The van der Waals surface area contributed by atoms with Crippen LogP contribution in [0.5, 0.6) is 11.5 Å². The molecule has 24 heavy (non-hydrogen) atoms. The largest absolute Gasteiger partial charge is 0.457 e. The van der Waals surface area contributed by atoms with E-state index in [4.69, 9.17) is 16.3 Å². The summed E-state index contributed by atoms with van der Waals surface area (Å²) < 4.78 is 5.81. The van der Waals surface area contributed by atoms with Crippen molar-refractivity contribution in [1.29, 1.82) is 0 Å². The highest BCUT2D eigenvalue weighted by molar-refractivity contribution is 6.31. The lowest BCUT2D eigenvalue weighted by Crippen LogP contribution is -1.92. The lowest BCUT2D eigenvalue weighted by Gasteiger charge is -2.06. The molecule has 0 fully saturated rings. The van der Waals surface area contributed by atoms with Crippen molar-refractivity contribution >= 4 is 23.5 Å². The predicted octanol–water partition coefficient (Wildman–Crippen LogP) is 5.89. The first-order chi connectivity index (χ1) is 11.7. The molecule has 0 saturated heterocycles. The van der Waals surface area contributed by atoms with Crippen LogP contribution in [0, 0.1) is 6.92 Å². The van der Waals surface area contributed by atoms with Crippen molar-refractivity contribution in [2.45, 2.75) is 6.92 Å². The average Bonchev–Trinajstić information content (AvgIpc) is 2.59. The summed E-state index contributed by atoms with van der Waals surface area (Å²) in [6, 6.07) is 23.2. The summed E-state index contributed by atoms with van der Waals surface area (Å²) in [4.78, 5) is 0. The molecule has 0 aliphatic heterocycles. The van der Waals surface area contributed by atoms with Gasteiger partial charge in [0.1, 0.15) is 11.5 Å². The molecule has 0 amide bonds. The summed E-state index contributed by atoms with van der Waals surface area (Å²) in [5.74, 6) is 1.57. The first kappa shape index (κ1) is 16.1. The van der Waals surface area contributed by atoms with Crippen LogP contribution >= 0.6 is 11.6 Å². The molecule has 0 atom stereocenters. The second kappa shape index (κ2) is 7.66. The molecule has 0 spiro atoms. The number of rotatable bonds is 5. The molecule has 0 saturated carbocycles. The number of ether oxygens (including phenoxy) is 1. The fourth-order valence-corrected chi connectivity index (χ4v) is 2.31. The number of aryl methyl sites for hydroxylation is 1. The third-order valence-electron chi connectivity index (χ3n) is 3.42. The predicted molar refractivity (Wildman–Crippen MR) is 100 cm³/mol. The monoisotopic (exact) mass is 336 g/mol. The van der Waals surface area contributed by atoms with E-state index in [9.17, 15) is 0 Å². The average molecular weight is 337 g/mol. The topological polar surface area (TPSA) is 33.6 Å².